The number of nitrogens with zero attached hydrogens (tertiary/aromatic N) is 2. The minimum Gasteiger partial charge on any atom is -0.350 e. The summed E-state index contributed by atoms with van der Waals surface area (Å²) < 4.78 is 13.4. The van der Waals surface area contributed by atoms with E-state index in [1.165, 1.54) is 41.7 Å². The third-order valence-corrected chi connectivity index (χ3v) is 8.92. The fourth-order valence-corrected chi connectivity index (χ4v) is 6.30. The van der Waals surface area contributed by atoms with Crippen LogP contribution in [-0.2, 0) is 6.42 Å². The summed E-state index contributed by atoms with van der Waals surface area (Å²) in [6, 6.07) is 36.3. The zero-order chi connectivity index (χ0) is 30.0. The lowest BCUT2D eigenvalue weighted by atomic mass is 9.87. The minimum atomic E-state index is -0.257. The van der Waals surface area contributed by atoms with E-state index < -0.39 is 0 Å². The number of halogens is 1. The number of piperidine rings is 1. The van der Waals surface area contributed by atoms with Gasteiger partial charge >= 0.3 is 0 Å². The van der Waals surface area contributed by atoms with Crippen LogP contribution in [0.25, 0.3) is 0 Å². The second kappa shape index (κ2) is 15.1. The van der Waals surface area contributed by atoms with E-state index in [0.29, 0.717) is 23.9 Å². The number of carbonyl (C=O) groups excluding carboxylic acids is 1. The third-order valence-electron chi connectivity index (χ3n) is 8.92. The minimum absolute atomic E-state index is 0.0331. The van der Waals surface area contributed by atoms with Crippen LogP contribution in [0.1, 0.15) is 63.8 Å². The van der Waals surface area contributed by atoms with Gasteiger partial charge in [0.05, 0.1) is 6.04 Å². The highest BCUT2D eigenvalue weighted by Crippen LogP contribution is 2.29. The lowest BCUT2D eigenvalue weighted by molar-refractivity contribution is 0.0941. The van der Waals surface area contributed by atoms with E-state index in [2.05, 4.69) is 76.9 Å². The van der Waals surface area contributed by atoms with Crippen LogP contribution in [0.4, 0.5) is 4.39 Å². The van der Waals surface area contributed by atoms with Crippen LogP contribution >= 0.6 is 0 Å². The van der Waals surface area contributed by atoms with Gasteiger partial charge < -0.3 is 15.1 Å². The average Bonchev–Trinajstić information content (AvgIpc) is 3.05. The number of carbonyl (C=O) groups is 1. The Hall–Kier alpha value is -3.80. The zero-order valence-corrected chi connectivity index (χ0v) is 25.5. The summed E-state index contributed by atoms with van der Waals surface area (Å²) in [5.74, 6) is 0.761. The monoisotopic (exact) mass is 577 g/mol. The number of amides is 1. The molecule has 0 spiro atoms. The second-order valence-corrected chi connectivity index (χ2v) is 12.1. The first-order chi connectivity index (χ1) is 21.0. The molecule has 43 heavy (non-hydrogen) atoms. The standard InChI is InChI=1S/C38H44FN3O/c1-41(2)37(33-18-20-35(39)21-19-33)27-40-38(43)34-15-9-10-30(26-34)17-16-29-22-24-42(25-23-29)28-36(31-11-5-3-6-12-31)32-13-7-4-8-14-32/h3-15,18-21,26,29,36-37H,16-17,22-25,27-28H2,1-2H3,(H,40,43). The molecule has 1 aliphatic heterocycles. The molecule has 1 aliphatic rings. The molecule has 0 aliphatic carbocycles. The largest absolute Gasteiger partial charge is 0.350 e. The van der Waals surface area contributed by atoms with Crippen molar-refractivity contribution in [3.8, 4) is 0 Å². The maximum absolute atomic E-state index is 13.4. The predicted molar refractivity (Wildman–Crippen MR) is 174 cm³/mol. The molecule has 224 valence electrons. The topological polar surface area (TPSA) is 35.6 Å². The molecule has 1 atom stereocenters. The van der Waals surface area contributed by atoms with Gasteiger partial charge in [-0.05, 0) is 105 Å². The summed E-state index contributed by atoms with van der Waals surface area (Å²) in [5.41, 5.74) is 5.64. The number of likely N-dealkylation sites (tertiary alicyclic amines) is 1. The van der Waals surface area contributed by atoms with Crippen molar-refractivity contribution >= 4 is 5.91 Å². The molecular weight excluding hydrogens is 533 g/mol. The Bertz CT molecular complexity index is 1380. The number of rotatable bonds is 12. The van der Waals surface area contributed by atoms with Crippen LogP contribution in [-0.4, -0.2) is 56.0 Å². The van der Waals surface area contributed by atoms with Crippen LogP contribution in [0, 0.1) is 11.7 Å². The highest BCUT2D eigenvalue weighted by molar-refractivity contribution is 5.94. The number of nitrogens with one attached hydrogen (secondary N) is 1. The molecule has 5 rings (SSSR count). The zero-order valence-electron chi connectivity index (χ0n) is 25.5. The van der Waals surface area contributed by atoms with E-state index in [1.54, 1.807) is 12.1 Å². The van der Waals surface area contributed by atoms with Crippen molar-refractivity contribution in [3.63, 3.8) is 0 Å². The first-order valence-corrected chi connectivity index (χ1v) is 15.6. The fourth-order valence-electron chi connectivity index (χ4n) is 6.30. The molecule has 4 nitrogen and oxygen atoms in total. The van der Waals surface area contributed by atoms with Crippen LogP contribution in [0.5, 0.6) is 0 Å². The van der Waals surface area contributed by atoms with Gasteiger partial charge in [0.1, 0.15) is 5.82 Å². The Labute approximate surface area is 256 Å². The Morgan fingerprint density at radius 2 is 1.47 bits per heavy atom. The van der Waals surface area contributed by atoms with Crippen LogP contribution in [0.3, 0.4) is 0 Å². The lowest BCUT2D eigenvalue weighted by Gasteiger charge is -2.34. The van der Waals surface area contributed by atoms with Gasteiger partial charge in [-0.3, -0.25) is 4.79 Å². The molecule has 1 heterocycles. The van der Waals surface area contributed by atoms with E-state index in [9.17, 15) is 9.18 Å². The lowest BCUT2D eigenvalue weighted by Crippen LogP contribution is -2.37. The molecule has 1 amide bonds. The van der Waals surface area contributed by atoms with Gasteiger partial charge in [-0.2, -0.15) is 0 Å². The molecule has 1 N–H and O–H groups in total. The quantitative estimate of drug-likeness (QED) is 0.191. The molecular formula is C38H44FN3O. The second-order valence-electron chi connectivity index (χ2n) is 12.1. The SMILES string of the molecule is CN(C)C(CNC(=O)c1cccc(CCC2CCN(CC(c3ccccc3)c3ccccc3)CC2)c1)c1ccc(F)cc1. The molecule has 4 aromatic carbocycles. The molecule has 0 radical (unpaired) electrons. The van der Waals surface area contributed by atoms with Gasteiger partial charge in [-0.1, -0.05) is 84.9 Å². The first kappa shape index (κ1) is 30.7. The van der Waals surface area contributed by atoms with Gasteiger partial charge in [0, 0.05) is 24.6 Å². The van der Waals surface area contributed by atoms with Crippen molar-refractivity contribution in [2.24, 2.45) is 5.92 Å². The summed E-state index contributed by atoms with van der Waals surface area (Å²) in [4.78, 5) is 17.7. The van der Waals surface area contributed by atoms with Gasteiger partial charge in [0.25, 0.3) is 5.91 Å². The van der Waals surface area contributed by atoms with E-state index >= 15 is 0 Å². The molecule has 4 aromatic rings. The summed E-state index contributed by atoms with van der Waals surface area (Å²) in [6.07, 6.45) is 4.56. The number of likely N-dealkylation sites (N-methyl/N-ethyl adjacent to an activating group) is 1. The fraction of sp³-hybridized carbons (Fsp3) is 0.342. The molecule has 0 saturated carbocycles. The number of hydrogen-bond donors (Lipinski definition) is 1. The van der Waals surface area contributed by atoms with Crippen LogP contribution < -0.4 is 5.32 Å². The normalized spacial score (nSPS) is 15.1. The van der Waals surface area contributed by atoms with Gasteiger partial charge in [-0.15, -0.1) is 0 Å². The summed E-state index contributed by atoms with van der Waals surface area (Å²) >= 11 is 0. The molecule has 1 saturated heterocycles. The maximum atomic E-state index is 13.4. The molecule has 0 bridgehead atoms. The summed E-state index contributed by atoms with van der Waals surface area (Å²) in [7, 11) is 3.94. The van der Waals surface area contributed by atoms with Crippen LogP contribution in [0.2, 0.25) is 0 Å². The molecule has 1 fully saturated rings. The van der Waals surface area contributed by atoms with Crippen molar-refractivity contribution in [3.05, 3.63) is 143 Å². The van der Waals surface area contributed by atoms with Crippen LogP contribution in [0.15, 0.2) is 109 Å². The maximum Gasteiger partial charge on any atom is 0.251 e. The summed E-state index contributed by atoms with van der Waals surface area (Å²) in [6.45, 7) is 3.76. The number of benzene rings is 4. The van der Waals surface area contributed by atoms with Gasteiger partial charge in [0.15, 0.2) is 0 Å². The predicted octanol–water partition coefficient (Wildman–Crippen LogP) is 7.34. The Morgan fingerprint density at radius 3 is 2.07 bits per heavy atom. The highest BCUT2D eigenvalue weighted by Gasteiger charge is 2.23. The Morgan fingerprint density at radius 1 is 0.837 bits per heavy atom. The van der Waals surface area contributed by atoms with E-state index in [0.717, 1.165) is 38.0 Å². The Balaban J connectivity index is 1.11. The van der Waals surface area contributed by atoms with E-state index in [4.69, 9.17) is 0 Å². The molecule has 1 unspecified atom stereocenters. The third kappa shape index (κ3) is 8.62. The van der Waals surface area contributed by atoms with Crippen molar-refractivity contribution < 1.29 is 9.18 Å². The van der Waals surface area contributed by atoms with E-state index in [1.807, 2.05) is 37.2 Å². The first-order valence-electron chi connectivity index (χ1n) is 15.6. The average molecular weight is 578 g/mol. The van der Waals surface area contributed by atoms with Gasteiger partial charge in [0.2, 0.25) is 0 Å². The molecule has 5 heteroatoms. The van der Waals surface area contributed by atoms with E-state index in [-0.39, 0.29) is 17.8 Å². The van der Waals surface area contributed by atoms with Gasteiger partial charge in [-0.25, -0.2) is 4.39 Å². The molecule has 0 aromatic heterocycles. The Kier molecular flexibility index (Phi) is 10.8. The van der Waals surface area contributed by atoms with Crippen molar-refractivity contribution in [1.29, 1.82) is 0 Å². The number of hydrogen-bond acceptors (Lipinski definition) is 3. The van der Waals surface area contributed by atoms with Crippen molar-refractivity contribution in [2.75, 3.05) is 40.3 Å². The highest BCUT2D eigenvalue weighted by atomic mass is 19.1. The summed E-state index contributed by atoms with van der Waals surface area (Å²) in [5, 5.41) is 3.09. The smallest absolute Gasteiger partial charge is 0.251 e. The van der Waals surface area contributed by atoms with Crippen molar-refractivity contribution in [1.82, 2.24) is 15.1 Å². The number of aryl methyl sites for hydroxylation is 1. The van der Waals surface area contributed by atoms with Crippen molar-refractivity contribution in [2.45, 2.75) is 37.6 Å².